The van der Waals surface area contributed by atoms with Gasteiger partial charge in [0.15, 0.2) is 21.6 Å². The number of ether oxygens (including phenoxy) is 1. The first-order valence-corrected chi connectivity index (χ1v) is 12.3. The molecule has 1 heterocycles. The number of anilines is 1. The van der Waals surface area contributed by atoms with Gasteiger partial charge in [0, 0.05) is 23.7 Å². The fourth-order valence-corrected chi connectivity index (χ4v) is 4.40. The van der Waals surface area contributed by atoms with E-state index in [1.54, 1.807) is 30.3 Å². The van der Waals surface area contributed by atoms with Gasteiger partial charge in [-0.25, -0.2) is 13.4 Å². The summed E-state index contributed by atoms with van der Waals surface area (Å²) in [6.45, 7) is 7.87. The predicted octanol–water partition coefficient (Wildman–Crippen LogP) is 4.43. The molecule has 0 fully saturated rings. The van der Waals surface area contributed by atoms with Gasteiger partial charge in [0.25, 0.3) is 5.91 Å². The van der Waals surface area contributed by atoms with E-state index in [1.807, 2.05) is 37.4 Å². The molecule has 0 bridgehead atoms. The Balaban J connectivity index is 1.77. The third-order valence-corrected chi connectivity index (χ3v) is 6.81. The summed E-state index contributed by atoms with van der Waals surface area (Å²) in [6, 6.07) is 12.2. The summed E-state index contributed by atoms with van der Waals surface area (Å²) in [5, 5.41) is 2.36. The van der Waals surface area contributed by atoms with Crippen molar-refractivity contribution in [3.63, 3.8) is 0 Å². The molecule has 8 heteroatoms. The average molecular weight is 457 g/mol. The lowest BCUT2D eigenvalue weighted by atomic mass is 10.1. The topological polar surface area (TPSA) is 76.6 Å². The van der Waals surface area contributed by atoms with E-state index in [1.165, 1.54) is 22.5 Å². The molecule has 0 aliphatic carbocycles. The van der Waals surface area contributed by atoms with E-state index in [4.69, 9.17) is 4.74 Å². The van der Waals surface area contributed by atoms with Gasteiger partial charge in [0.05, 0.1) is 10.6 Å². The number of carbonyl (C=O) groups is 1. The summed E-state index contributed by atoms with van der Waals surface area (Å²) in [6.07, 6.45) is 2.81. The van der Waals surface area contributed by atoms with Crippen LogP contribution in [-0.4, -0.2) is 38.7 Å². The summed E-state index contributed by atoms with van der Waals surface area (Å²) >= 11 is 1.33. The van der Waals surface area contributed by atoms with Crippen LogP contribution in [0.25, 0.3) is 11.3 Å². The maximum absolute atomic E-state index is 12.9. The third kappa shape index (κ3) is 5.39. The summed E-state index contributed by atoms with van der Waals surface area (Å²) in [7, 11) is -3.26. The number of aryl methyl sites for hydroxylation is 1. The van der Waals surface area contributed by atoms with Gasteiger partial charge in [-0.3, -0.25) is 9.69 Å². The third-order valence-electron chi connectivity index (χ3n) is 4.82. The number of benzene rings is 2. The minimum atomic E-state index is -3.26. The van der Waals surface area contributed by atoms with Gasteiger partial charge < -0.3 is 4.74 Å². The van der Waals surface area contributed by atoms with Crippen molar-refractivity contribution in [3.8, 4) is 17.0 Å². The SMILES string of the molecule is C=CCN(C(=O)COc1cccc(C)c1C)c1nc(-c2ccc(S(C)(=O)=O)cc2)cs1. The van der Waals surface area contributed by atoms with Crippen molar-refractivity contribution in [2.24, 2.45) is 0 Å². The highest BCUT2D eigenvalue weighted by molar-refractivity contribution is 7.90. The summed E-state index contributed by atoms with van der Waals surface area (Å²) in [5.41, 5.74) is 3.53. The zero-order valence-electron chi connectivity index (χ0n) is 17.7. The van der Waals surface area contributed by atoms with Gasteiger partial charge in [-0.15, -0.1) is 17.9 Å². The lowest BCUT2D eigenvalue weighted by Gasteiger charge is -2.19. The standard InChI is InChI=1S/C23H24N2O4S2/c1-5-13-25(22(26)14-29-21-8-6-7-16(2)17(21)3)23-24-20(15-30-23)18-9-11-19(12-10-18)31(4,27)28/h5-12,15H,1,13-14H2,2-4H3. The first kappa shape index (κ1) is 22.7. The Morgan fingerprint density at radius 1 is 1.19 bits per heavy atom. The maximum Gasteiger partial charge on any atom is 0.266 e. The van der Waals surface area contributed by atoms with Crippen LogP contribution in [0.4, 0.5) is 5.13 Å². The molecule has 0 saturated heterocycles. The van der Waals surface area contributed by atoms with Crippen molar-refractivity contribution in [1.29, 1.82) is 0 Å². The molecule has 3 aromatic rings. The molecule has 31 heavy (non-hydrogen) atoms. The van der Waals surface area contributed by atoms with Crippen LogP contribution in [-0.2, 0) is 14.6 Å². The second kappa shape index (κ2) is 9.45. The van der Waals surface area contributed by atoms with Crippen LogP contribution in [0.5, 0.6) is 5.75 Å². The molecule has 0 atom stereocenters. The Bertz CT molecular complexity index is 1200. The van der Waals surface area contributed by atoms with Crippen LogP contribution in [0.2, 0.25) is 0 Å². The minimum Gasteiger partial charge on any atom is -0.483 e. The number of amides is 1. The van der Waals surface area contributed by atoms with Crippen molar-refractivity contribution >= 4 is 32.2 Å². The molecule has 0 N–H and O–H groups in total. The Kier molecular flexibility index (Phi) is 6.92. The first-order chi connectivity index (χ1) is 14.7. The summed E-state index contributed by atoms with van der Waals surface area (Å²) in [5.74, 6) is 0.451. The van der Waals surface area contributed by atoms with E-state index in [2.05, 4.69) is 11.6 Å². The highest BCUT2D eigenvalue weighted by Gasteiger charge is 2.20. The molecule has 3 rings (SSSR count). The Morgan fingerprint density at radius 3 is 2.55 bits per heavy atom. The first-order valence-electron chi connectivity index (χ1n) is 9.57. The molecule has 6 nitrogen and oxygen atoms in total. The molecule has 1 aromatic heterocycles. The van der Waals surface area contributed by atoms with Crippen LogP contribution in [0, 0.1) is 13.8 Å². The molecule has 162 valence electrons. The van der Waals surface area contributed by atoms with Gasteiger partial charge in [-0.2, -0.15) is 0 Å². The number of hydrogen-bond donors (Lipinski definition) is 0. The maximum atomic E-state index is 12.9. The van der Waals surface area contributed by atoms with Crippen LogP contribution in [0.3, 0.4) is 0 Å². The molecular weight excluding hydrogens is 432 g/mol. The van der Waals surface area contributed by atoms with Gasteiger partial charge in [-0.1, -0.05) is 30.3 Å². The minimum absolute atomic E-state index is 0.115. The molecule has 0 spiro atoms. The molecule has 0 radical (unpaired) electrons. The van der Waals surface area contributed by atoms with Crippen molar-refractivity contribution in [3.05, 3.63) is 71.6 Å². The lowest BCUT2D eigenvalue weighted by Crippen LogP contribution is -2.35. The van der Waals surface area contributed by atoms with E-state index < -0.39 is 9.84 Å². The molecule has 1 amide bonds. The summed E-state index contributed by atoms with van der Waals surface area (Å²) in [4.78, 5) is 19.2. The highest BCUT2D eigenvalue weighted by atomic mass is 32.2. The largest absolute Gasteiger partial charge is 0.483 e. The van der Waals surface area contributed by atoms with E-state index in [0.29, 0.717) is 23.1 Å². The number of hydrogen-bond acceptors (Lipinski definition) is 6. The molecule has 0 unspecified atom stereocenters. The van der Waals surface area contributed by atoms with Crippen LogP contribution >= 0.6 is 11.3 Å². The summed E-state index contributed by atoms with van der Waals surface area (Å²) < 4.78 is 29.1. The fourth-order valence-electron chi connectivity index (χ4n) is 2.91. The molecule has 2 aromatic carbocycles. The van der Waals surface area contributed by atoms with E-state index in [9.17, 15) is 13.2 Å². The Hall–Kier alpha value is -2.97. The van der Waals surface area contributed by atoms with E-state index >= 15 is 0 Å². The number of rotatable bonds is 8. The van der Waals surface area contributed by atoms with Crippen LogP contribution < -0.4 is 9.64 Å². The second-order valence-electron chi connectivity index (χ2n) is 7.09. The zero-order chi connectivity index (χ0) is 22.6. The Morgan fingerprint density at radius 2 is 1.90 bits per heavy atom. The average Bonchev–Trinajstić information content (AvgIpc) is 3.22. The second-order valence-corrected chi connectivity index (χ2v) is 9.94. The Labute approximate surface area is 186 Å². The van der Waals surface area contributed by atoms with Gasteiger partial charge in [0.1, 0.15) is 5.75 Å². The quantitative estimate of drug-likeness (QED) is 0.469. The molecule has 0 saturated carbocycles. The zero-order valence-corrected chi connectivity index (χ0v) is 19.3. The van der Waals surface area contributed by atoms with Gasteiger partial charge in [-0.05, 0) is 43.2 Å². The van der Waals surface area contributed by atoms with Crippen molar-refractivity contribution in [1.82, 2.24) is 4.98 Å². The monoisotopic (exact) mass is 456 g/mol. The number of sulfone groups is 1. The van der Waals surface area contributed by atoms with Crippen molar-refractivity contribution in [2.45, 2.75) is 18.7 Å². The molecule has 0 aliphatic heterocycles. The number of thiazole rings is 1. The van der Waals surface area contributed by atoms with Gasteiger partial charge >= 0.3 is 0 Å². The van der Waals surface area contributed by atoms with Crippen LogP contribution in [0.1, 0.15) is 11.1 Å². The van der Waals surface area contributed by atoms with Gasteiger partial charge in [0.2, 0.25) is 0 Å². The predicted molar refractivity (Wildman–Crippen MR) is 125 cm³/mol. The molecule has 0 aliphatic rings. The van der Waals surface area contributed by atoms with E-state index in [0.717, 1.165) is 16.7 Å². The number of nitrogens with zero attached hydrogens (tertiary/aromatic N) is 2. The smallest absolute Gasteiger partial charge is 0.266 e. The number of aromatic nitrogens is 1. The van der Waals surface area contributed by atoms with Crippen molar-refractivity contribution in [2.75, 3.05) is 24.3 Å². The van der Waals surface area contributed by atoms with Crippen LogP contribution in [0.15, 0.2) is 65.4 Å². The molecular formula is C23H24N2O4S2. The lowest BCUT2D eigenvalue weighted by molar-refractivity contribution is -0.120. The fraction of sp³-hybridized carbons (Fsp3) is 0.217. The van der Waals surface area contributed by atoms with E-state index in [-0.39, 0.29) is 17.4 Å². The number of carbonyl (C=O) groups excluding carboxylic acids is 1. The highest BCUT2D eigenvalue weighted by Crippen LogP contribution is 2.29. The van der Waals surface area contributed by atoms with Crippen molar-refractivity contribution < 1.29 is 17.9 Å². The normalized spacial score (nSPS) is 11.2.